The largest absolute Gasteiger partial charge is 0.508 e. The molecule has 6 heteroatoms. The molecule has 2 aromatic carbocycles. The predicted molar refractivity (Wildman–Crippen MR) is 104 cm³/mol. The monoisotopic (exact) mass is 364 g/mol. The van der Waals surface area contributed by atoms with Gasteiger partial charge in [0.25, 0.3) is 0 Å². The molecule has 0 radical (unpaired) electrons. The second kappa shape index (κ2) is 7.80. The number of aromatic amines is 1. The van der Waals surface area contributed by atoms with Gasteiger partial charge in [-0.3, -0.25) is 4.90 Å². The van der Waals surface area contributed by atoms with E-state index in [0.29, 0.717) is 11.7 Å². The molecule has 27 heavy (non-hydrogen) atoms. The Morgan fingerprint density at radius 2 is 1.74 bits per heavy atom. The van der Waals surface area contributed by atoms with Crippen LogP contribution >= 0.6 is 0 Å². The van der Waals surface area contributed by atoms with Gasteiger partial charge in [-0.2, -0.15) is 5.10 Å². The van der Waals surface area contributed by atoms with Gasteiger partial charge in [0.15, 0.2) is 0 Å². The summed E-state index contributed by atoms with van der Waals surface area (Å²) in [6.45, 7) is 2.74. The van der Waals surface area contributed by atoms with Crippen LogP contribution in [0.4, 0.5) is 0 Å². The highest BCUT2D eigenvalue weighted by Crippen LogP contribution is 2.24. The van der Waals surface area contributed by atoms with Crippen LogP contribution in [-0.4, -0.2) is 37.9 Å². The molecule has 3 aromatic rings. The number of hydrogen-bond acceptors (Lipinski definition) is 4. The van der Waals surface area contributed by atoms with E-state index in [1.807, 2.05) is 48.5 Å². The summed E-state index contributed by atoms with van der Waals surface area (Å²) in [6, 6.07) is 17.2. The van der Waals surface area contributed by atoms with Crippen molar-refractivity contribution in [3.8, 4) is 11.4 Å². The van der Waals surface area contributed by atoms with Crippen molar-refractivity contribution in [2.24, 2.45) is 5.92 Å². The van der Waals surface area contributed by atoms with Crippen LogP contribution in [0.5, 0.6) is 5.75 Å². The number of nitrogens with one attached hydrogen (secondary N) is 1. The van der Waals surface area contributed by atoms with E-state index in [1.54, 1.807) is 10.6 Å². The Morgan fingerprint density at radius 3 is 2.48 bits per heavy atom. The number of benzene rings is 2. The van der Waals surface area contributed by atoms with Gasteiger partial charge in [0, 0.05) is 18.5 Å². The van der Waals surface area contributed by atoms with Crippen molar-refractivity contribution >= 4 is 0 Å². The minimum atomic E-state index is -0.187. The van der Waals surface area contributed by atoms with Crippen LogP contribution in [0.2, 0.25) is 0 Å². The first kappa shape index (κ1) is 17.5. The van der Waals surface area contributed by atoms with Crippen molar-refractivity contribution in [2.75, 3.05) is 13.1 Å². The Kier molecular flexibility index (Phi) is 5.07. The van der Waals surface area contributed by atoms with E-state index < -0.39 is 0 Å². The lowest BCUT2D eigenvalue weighted by molar-refractivity contribution is 0.174. The second-order valence-electron chi connectivity index (χ2n) is 7.17. The molecule has 0 unspecified atom stereocenters. The number of phenols is 1. The van der Waals surface area contributed by atoms with Crippen molar-refractivity contribution < 1.29 is 5.11 Å². The molecular weight excluding hydrogens is 340 g/mol. The van der Waals surface area contributed by atoms with Crippen LogP contribution in [0.25, 0.3) is 5.69 Å². The zero-order chi connectivity index (χ0) is 18.6. The number of nitrogens with zero attached hydrogens (tertiary/aromatic N) is 3. The smallest absolute Gasteiger partial charge is 0.347 e. The highest BCUT2D eigenvalue weighted by Gasteiger charge is 2.22. The molecule has 1 aliphatic rings. The molecule has 1 aromatic heterocycles. The van der Waals surface area contributed by atoms with Crippen molar-refractivity contribution in [3.05, 3.63) is 76.5 Å². The summed E-state index contributed by atoms with van der Waals surface area (Å²) in [4.78, 5) is 14.6. The third-order valence-electron chi connectivity index (χ3n) is 5.32. The first-order chi connectivity index (χ1) is 13.2. The van der Waals surface area contributed by atoms with E-state index in [9.17, 15) is 9.90 Å². The lowest BCUT2D eigenvalue weighted by Gasteiger charge is -2.32. The van der Waals surface area contributed by atoms with Gasteiger partial charge in [0.05, 0.1) is 5.69 Å². The van der Waals surface area contributed by atoms with Gasteiger partial charge in [-0.05, 0) is 50.0 Å². The highest BCUT2D eigenvalue weighted by molar-refractivity contribution is 5.32. The van der Waals surface area contributed by atoms with Gasteiger partial charge < -0.3 is 5.11 Å². The van der Waals surface area contributed by atoms with Crippen LogP contribution in [0.3, 0.4) is 0 Å². The number of likely N-dealkylation sites (tertiary alicyclic amines) is 1. The Balaban J connectivity index is 1.39. The molecule has 140 valence electrons. The van der Waals surface area contributed by atoms with Gasteiger partial charge in [-0.1, -0.05) is 36.4 Å². The van der Waals surface area contributed by atoms with Crippen LogP contribution < -0.4 is 5.69 Å². The SMILES string of the molecule is O=c1[nH]nc(CC2CCN(Cc3ccccc3O)CC2)n1-c1ccccc1. The highest BCUT2D eigenvalue weighted by atomic mass is 16.3. The van der Waals surface area contributed by atoms with Crippen LogP contribution in [-0.2, 0) is 13.0 Å². The lowest BCUT2D eigenvalue weighted by Crippen LogP contribution is -2.34. The van der Waals surface area contributed by atoms with Crippen molar-refractivity contribution in [3.63, 3.8) is 0 Å². The summed E-state index contributed by atoms with van der Waals surface area (Å²) >= 11 is 0. The molecule has 0 saturated carbocycles. The van der Waals surface area contributed by atoms with Crippen LogP contribution in [0, 0.1) is 5.92 Å². The van der Waals surface area contributed by atoms with Gasteiger partial charge in [0.2, 0.25) is 0 Å². The first-order valence-corrected chi connectivity index (χ1v) is 9.41. The molecule has 6 nitrogen and oxygen atoms in total. The number of H-pyrrole nitrogens is 1. The third-order valence-corrected chi connectivity index (χ3v) is 5.32. The average Bonchev–Trinajstić information content (AvgIpc) is 3.06. The predicted octanol–water partition coefficient (Wildman–Crippen LogP) is 2.72. The summed E-state index contributed by atoms with van der Waals surface area (Å²) in [7, 11) is 0. The van der Waals surface area contributed by atoms with Gasteiger partial charge in [-0.15, -0.1) is 0 Å². The molecule has 2 heterocycles. The lowest BCUT2D eigenvalue weighted by atomic mass is 9.93. The average molecular weight is 364 g/mol. The normalized spacial score (nSPS) is 15.9. The standard InChI is InChI=1S/C21H24N4O2/c26-19-9-5-4-6-17(19)15-24-12-10-16(11-13-24)14-20-22-23-21(27)25(20)18-7-2-1-3-8-18/h1-9,16,26H,10-15H2,(H,23,27). The number of phenolic OH excluding ortho intramolecular Hbond substituents is 1. The molecular formula is C21H24N4O2. The zero-order valence-electron chi connectivity index (χ0n) is 15.2. The number of aromatic hydroxyl groups is 1. The van der Waals surface area contributed by atoms with E-state index in [0.717, 1.165) is 56.0 Å². The number of aromatic nitrogens is 3. The summed E-state index contributed by atoms with van der Waals surface area (Å²) in [6.07, 6.45) is 2.91. The van der Waals surface area contributed by atoms with E-state index in [2.05, 4.69) is 15.1 Å². The molecule has 0 atom stereocenters. The number of rotatable bonds is 5. The number of para-hydroxylation sites is 2. The summed E-state index contributed by atoms with van der Waals surface area (Å²) < 4.78 is 1.67. The summed E-state index contributed by atoms with van der Waals surface area (Å²) in [5.74, 6) is 1.66. The summed E-state index contributed by atoms with van der Waals surface area (Å²) in [5.41, 5.74) is 1.64. The fourth-order valence-electron chi connectivity index (χ4n) is 3.80. The Bertz CT molecular complexity index is 940. The van der Waals surface area contributed by atoms with Crippen LogP contribution in [0.15, 0.2) is 59.4 Å². The number of piperidine rings is 1. The zero-order valence-corrected chi connectivity index (χ0v) is 15.2. The molecule has 1 saturated heterocycles. The van der Waals surface area contributed by atoms with E-state index >= 15 is 0 Å². The first-order valence-electron chi connectivity index (χ1n) is 9.41. The van der Waals surface area contributed by atoms with Gasteiger partial charge in [-0.25, -0.2) is 14.5 Å². The minimum absolute atomic E-state index is 0.187. The molecule has 4 rings (SSSR count). The topological polar surface area (TPSA) is 74.2 Å². The fourth-order valence-corrected chi connectivity index (χ4v) is 3.80. The fraction of sp³-hybridized carbons (Fsp3) is 0.333. The van der Waals surface area contributed by atoms with Crippen molar-refractivity contribution in [1.82, 2.24) is 19.7 Å². The maximum absolute atomic E-state index is 12.2. The molecule has 2 N–H and O–H groups in total. The Morgan fingerprint density at radius 1 is 1.04 bits per heavy atom. The Hall–Kier alpha value is -2.86. The van der Waals surface area contributed by atoms with E-state index in [-0.39, 0.29) is 5.69 Å². The maximum Gasteiger partial charge on any atom is 0.347 e. The third kappa shape index (κ3) is 3.95. The Labute approximate surface area is 158 Å². The van der Waals surface area contributed by atoms with Crippen molar-refractivity contribution in [1.29, 1.82) is 0 Å². The number of hydrogen-bond donors (Lipinski definition) is 2. The molecule has 1 aliphatic heterocycles. The van der Waals surface area contributed by atoms with Gasteiger partial charge >= 0.3 is 5.69 Å². The summed E-state index contributed by atoms with van der Waals surface area (Å²) in [5, 5.41) is 16.8. The van der Waals surface area contributed by atoms with E-state index in [1.165, 1.54) is 0 Å². The maximum atomic E-state index is 12.2. The quantitative estimate of drug-likeness (QED) is 0.730. The van der Waals surface area contributed by atoms with Gasteiger partial charge in [0.1, 0.15) is 11.6 Å². The van der Waals surface area contributed by atoms with Crippen molar-refractivity contribution in [2.45, 2.75) is 25.8 Å². The van der Waals surface area contributed by atoms with Crippen LogP contribution in [0.1, 0.15) is 24.2 Å². The van der Waals surface area contributed by atoms with E-state index in [4.69, 9.17) is 0 Å². The molecule has 1 fully saturated rings. The second-order valence-corrected chi connectivity index (χ2v) is 7.17. The minimum Gasteiger partial charge on any atom is -0.508 e. The molecule has 0 amide bonds. The molecule has 0 spiro atoms. The molecule has 0 bridgehead atoms. The molecule has 0 aliphatic carbocycles.